The maximum absolute atomic E-state index is 9.67. The van der Waals surface area contributed by atoms with Crippen molar-refractivity contribution >= 4 is 0 Å². The van der Waals surface area contributed by atoms with Gasteiger partial charge in [-0.05, 0) is 12.8 Å². The summed E-state index contributed by atoms with van der Waals surface area (Å²) in [6.07, 6.45) is 19.6. The molecule has 30 heavy (non-hydrogen) atoms. The highest BCUT2D eigenvalue weighted by Crippen LogP contribution is 2.18. The molecule has 1 unspecified atom stereocenters. The zero-order valence-electron chi connectivity index (χ0n) is 19.2. The molecule has 0 radical (unpaired) electrons. The van der Waals surface area contributed by atoms with Crippen molar-refractivity contribution in [3.05, 3.63) is 11.4 Å². The van der Waals surface area contributed by atoms with E-state index in [-0.39, 0.29) is 15.2 Å². The fourth-order valence-electron chi connectivity index (χ4n) is 3.68. The summed E-state index contributed by atoms with van der Waals surface area (Å²) in [7, 11) is 0. The first-order valence-electron chi connectivity index (χ1n) is 11.8. The van der Waals surface area contributed by atoms with Gasteiger partial charge in [0, 0.05) is 5.57 Å². The average molecular weight is 441 g/mol. The Morgan fingerprint density at radius 3 is 1.13 bits per heavy atom. The Morgan fingerprint density at radius 2 is 0.867 bits per heavy atom. The smallest absolute Gasteiger partial charge is 0.182 e. The number of halogens is 2. The van der Waals surface area contributed by atoms with Gasteiger partial charge in [0.05, 0.1) is 5.82 Å². The molecule has 7 heteroatoms. The summed E-state index contributed by atoms with van der Waals surface area (Å²) < 4.78 is 0. The number of aliphatic hydroxyl groups is 3. The van der Waals surface area contributed by atoms with Gasteiger partial charge in [0.25, 0.3) is 0 Å². The lowest BCUT2D eigenvalue weighted by atomic mass is 10.00. The van der Waals surface area contributed by atoms with Crippen LogP contribution in [0.15, 0.2) is 11.4 Å². The zero-order valence-corrected chi connectivity index (χ0v) is 19.2. The van der Waals surface area contributed by atoms with Crippen LogP contribution in [0.4, 0.5) is 9.41 Å². The number of rotatable bonds is 20. The first-order chi connectivity index (χ1) is 13.5. The van der Waals surface area contributed by atoms with Crippen LogP contribution < -0.4 is 11.5 Å². The normalized spacial score (nSPS) is 11.6. The van der Waals surface area contributed by atoms with E-state index in [2.05, 4.69) is 6.92 Å². The summed E-state index contributed by atoms with van der Waals surface area (Å²) in [5.74, 6) is -0.00269. The van der Waals surface area contributed by atoms with Gasteiger partial charge >= 0.3 is 0 Å². The molecule has 0 bridgehead atoms. The molecule has 0 fully saturated rings. The van der Waals surface area contributed by atoms with Crippen molar-refractivity contribution in [3.8, 4) is 0 Å². The van der Waals surface area contributed by atoms with E-state index >= 15 is 0 Å². The van der Waals surface area contributed by atoms with Gasteiger partial charge in [-0.1, -0.05) is 110 Å². The quantitative estimate of drug-likeness (QED) is 0.133. The van der Waals surface area contributed by atoms with Gasteiger partial charge in [0.1, 0.15) is 6.10 Å². The second-order valence-electron chi connectivity index (χ2n) is 8.25. The van der Waals surface area contributed by atoms with Gasteiger partial charge in [0.2, 0.25) is 0 Å². The van der Waals surface area contributed by atoms with Crippen LogP contribution in [0.1, 0.15) is 122 Å². The zero-order chi connectivity index (χ0) is 21.0. The van der Waals surface area contributed by atoms with Crippen molar-refractivity contribution in [2.75, 3.05) is 0 Å². The van der Waals surface area contributed by atoms with Crippen LogP contribution in [0, 0.1) is 0 Å². The predicted molar refractivity (Wildman–Crippen MR) is 123 cm³/mol. The molecule has 0 aliphatic rings. The summed E-state index contributed by atoms with van der Waals surface area (Å²) in [5, 5.41) is 27.8. The van der Waals surface area contributed by atoms with E-state index in [0.717, 1.165) is 19.3 Å². The van der Waals surface area contributed by atoms with Crippen LogP contribution in [0.2, 0.25) is 0 Å². The topological polar surface area (TPSA) is 113 Å². The Bertz CT molecular complexity index is 379. The van der Waals surface area contributed by atoms with Crippen LogP contribution in [-0.2, 0) is 0 Å². The van der Waals surface area contributed by atoms with E-state index in [1.807, 2.05) is 0 Å². The minimum atomic E-state index is -1.83. The molecule has 1 atom stereocenters. The van der Waals surface area contributed by atoms with Crippen molar-refractivity contribution in [3.63, 3.8) is 0 Å². The fraction of sp³-hybridized carbons (Fsp3) is 0.913. The lowest BCUT2D eigenvalue weighted by Gasteiger charge is -2.17. The second kappa shape index (κ2) is 24.4. The van der Waals surface area contributed by atoms with Crippen molar-refractivity contribution in [2.45, 2.75) is 135 Å². The Kier molecular flexibility index (Phi) is 27.4. The largest absolute Gasteiger partial charge is 0.386 e. The molecular formula is C23H50F2N2O3. The summed E-state index contributed by atoms with van der Waals surface area (Å²) in [5.41, 5.74) is 11.4. The first-order valence-corrected chi connectivity index (χ1v) is 11.8. The third-order valence-corrected chi connectivity index (χ3v) is 5.56. The predicted octanol–water partition coefficient (Wildman–Crippen LogP) is 5.13. The number of unbranched alkanes of at least 4 members (excludes halogenated alkanes) is 16. The Balaban J connectivity index is -0.00000364. The third kappa shape index (κ3) is 20.4. The maximum Gasteiger partial charge on any atom is 0.182 e. The average Bonchev–Trinajstić information content (AvgIpc) is 2.66. The molecular weight excluding hydrogens is 390 g/mol. The lowest BCUT2D eigenvalue weighted by molar-refractivity contribution is -0.109. The Hall–Kier alpha value is -0.920. The highest BCUT2D eigenvalue weighted by Gasteiger charge is 2.19. The molecule has 0 saturated carbocycles. The van der Waals surface area contributed by atoms with E-state index in [1.54, 1.807) is 0 Å². The number of hydrogen-bond acceptors (Lipinski definition) is 5. The highest BCUT2D eigenvalue weighted by atomic mass is 19.0. The molecule has 0 spiro atoms. The Labute approximate surface area is 183 Å². The second-order valence-corrected chi connectivity index (χ2v) is 8.25. The SMILES string of the molecule is CCCCCCCCCCCCCCCCCCCC(=C(N)N)C(O)C(O)O.F.F. The van der Waals surface area contributed by atoms with Gasteiger partial charge in [-0.15, -0.1) is 0 Å². The molecule has 0 heterocycles. The molecule has 5 nitrogen and oxygen atoms in total. The molecule has 7 N–H and O–H groups in total. The first kappa shape index (κ1) is 33.7. The summed E-state index contributed by atoms with van der Waals surface area (Å²) >= 11 is 0. The Morgan fingerprint density at radius 1 is 0.567 bits per heavy atom. The summed E-state index contributed by atoms with van der Waals surface area (Å²) in [6.45, 7) is 2.27. The van der Waals surface area contributed by atoms with Gasteiger partial charge in [-0.2, -0.15) is 0 Å². The lowest BCUT2D eigenvalue weighted by Crippen LogP contribution is -2.31. The van der Waals surface area contributed by atoms with Crippen LogP contribution in [0.3, 0.4) is 0 Å². The van der Waals surface area contributed by atoms with Crippen LogP contribution >= 0.6 is 0 Å². The molecule has 184 valence electrons. The van der Waals surface area contributed by atoms with E-state index in [0.29, 0.717) is 12.0 Å². The molecule has 0 saturated heterocycles. The minimum absolute atomic E-state index is 0. The van der Waals surface area contributed by atoms with Gasteiger partial charge in [0.15, 0.2) is 6.29 Å². The van der Waals surface area contributed by atoms with Crippen LogP contribution in [-0.4, -0.2) is 27.7 Å². The molecule has 0 aliphatic carbocycles. The van der Waals surface area contributed by atoms with Crippen LogP contribution in [0.5, 0.6) is 0 Å². The van der Waals surface area contributed by atoms with Crippen LogP contribution in [0.25, 0.3) is 0 Å². The van der Waals surface area contributed by atoms with Crippen molar-refractivity contribution in [1.29, 1.82) is 0 Å². The molecule has 0 aromatic rings. The highest BCUT2D eigenvalue weighted by molar-refractivity contribution is 5.13. The number of aliphatic hydroxyl groups excluding tert-OH is 2. The van der Waals surface area contributed by atoms with Gasteiger partial charge < -0.3 is 26.8 Å². The summed E-state index contributed by atoms with van der Waals surface area (Å²) in [6, 6.07) is 0. The standard InChI is InChI=1S/C23H48N2O3.2FH/c1-2-3-4-5-6-7-8-9-10-11-12-13-14-15-16-17-18-19-20(22(24)25)21(26)23(27)28;;/h21,23,26-28H,2-19,24-25H2,1H3;2*1H. The van der Waals surface area contributed by atoms with Crippen molar-refractivity contribution < 1.29 is 24.7 Å². The fourth-order valence-corrected chi connectivity index (χ4v) is 3.68. The number of hydrogen-bond donors (Lipinski definition) is 5. The van der Waals surface area contributed by atoms with Gasteiger partial charge in [-0.3, -0.25) is 9.41 Å². The van der Waals surface area contributed by atoms with E-state index in [9.17, 15) is 5.11 Å². The molecule has 0 aromatic carbocycles. The van der Waals surface area contributed by atoms with Crippen molar-refractivity contribution in [2.24, 2.45) is 11.5 Å². The molecule has 0 aromatic heterocycles. The van der Waals surface area contributed by atoms with E-state index < -0.39 is 12.4 Å². The third-order valence-electron chi connectivity index (χ3n) is 5.56. The van der Waals surface area contributed by atoms with Crippen molar-refractivity contribution in [1.82, 2.24) is 0 Å². The summed E-state index contributed by atoms with van der Waals surface area (Å²) in [4.78, 5) is 0. The van der Waals surface area contributed by atoms with E-state index in [4.69, 9.17) is 21.7 Å². The molecule has 0 rings (SSSR count). The maximum atomic E-state index is 9.67. The number of nitrogens with two attached hydrogens (primary N) is 2. The minimum Gasteiger partial charge on any atom is -0.386 e. The monoisotopic (exact) mass is 440 g/mol. The van der Waals surface area contributed by atoms with E-state index in [1.165, 1.54) is 89.9 Å². The molecule has 0 amide bonds. The van der Waals surface area contributed by atoms with Gasteiger partial charge in [-0.25, -0.2) is 0 Å². The molecule has 0 aliphatic heterocycles.